The zero-order chi connectivity index (χ0) is 17.7. The van der Waals surface area contributed by atoms with Crippen molar-refractivity contribution in [2.45, 2.75) is 50.2 Å². The van der Waals surface area contributed by atoms with Crippen LogP contribution in [0, 0.1) is 0 Å². The van der Waals surface area contributed by atoms with Gasteiger partial charge < -0.3 is 15.2 Å². The summed E-state index contributed by atoms with van der Waals surface area (Å²) >= 11 is 0. The van der Waals surface area contributed by atoms with Gasteiger partial charge in [0, 0.05) is 19.2 Å². The van der Waals surface area contributed by atoms with Crippen LogP contribution in [0.15, 0.2) is 23.1 Å². The molecule has 134 valence electrons. The van der Waals surface area contributed by atoms with E-state index in [1.165, 1.54) is 18.2 Å². The number of ether oxygens (including phenoxy) is 1. The lowest BCUT2D eigenvalue weighted by Crippen LogP contribution is -2.27. The van der Waals surface area contributed by atoms with Crippen LogP contribution < -0.4 is 10.0 Å². The van der Waals surface area contributed by atoms with Gasteiger partial charge in [0.25, 0.3) is 0 Å². The van der Waals surface area contributed by atoms with Gasteiger partial charge in [-0.2, -0.15) is 0 Å². The third-order valence-corrected chi connectivity index (χ3v) is 5.07. The standard InChI is InChI=1S/C16H24N2O5S/c1-11(2)23-9-3-8-17-14-7-4-12(16(19)20)10-15(14)24(21,22)18-13-5-6-13/h4,7,10-11,13,17-18H,3,5-6,8-9H2,1-2H3,(H,19,20). The summed E-state index contributed by atoms with van der Waals surface area (Å²) in [6.07, 6.45) is 2.49. The minimum Gasteiger partial charge on any atom is -0.478 e. The number of rotatable bonds is 10. The van der Waals surface area contributed by atoms with Gasteiger partial charge in [-0.25, -0.2) is 17.9 Å². The summed E-state index contributed by atoms with van der Waals surface area (Å²) in [5.74, 6) is -1.16. The summed E-state index contributed by atoms with van der Waals surface area (Å²) in [6, 6.07) is 4.04. The van der Waals surface area contributed by atoms with Gasteiger partial charge in [0.1, 0.15) is 4.90 Å². The Bertz CT molecular complexity index is 684. The van der Waals surface area contributed by atoms with Crippen LogP contribution in [-0.2, 0) is 14.8 Å². The lowest BCUT2D eigenvalue weighted by molar-refractivity contribution is 0.0696. The minimum absolute atomic E-state index is 0.0286. The third kappa shape index (κ3) is 5.47. The maximum atomic E-state index is 12.5. The molecule has 7 nitrogen and oxygen atoms in total. The number of anilines is 1. The average Bonchev–Trinajstić information content (AvgIpc) is 3.29. The lowest BCUT2D eigenvalue weighted by Gasteiger charge is -2.14. The van der Waals surface area contributed by atoms with Crippen molar-refractivity contribution in [3.8, 4) is 0 Å². The van der Waals surface area contributed by atoms with Crippen LogP contribution in [0.3, 0.4) is 0 Å². The molecule has 0 saturated heterocycles. The molecular weight excluding hydrogens is 332 g/mol. The Morgan fingerprint density at radius 3 is 2.67 bits per heavy atom. The first-order valence-corrected chi connectivity index (χ1v) is 9.53. The van der Waals surface area contributed by atoms with Gasteiger partial charge in [-0.3, -0.25) is 0 Å². The first-order valence-electron chi connectivity index (χ1n) is 8.05. The second-order valence-electron chi connectivity index (χ2n) is 6.11. The molecule has 1 aromatic carbocycles. The van der Waals surface area contributed by atoms with Crippen LogP contribution in [0.5, 0.6) is 0 Å². The molecule has 1 aliphatic rings. The molecule has 0 amide bonds. The second kappa shape index (κ2) is 7.96. The number of carbonyl (C=O) groups is 1. The van der Waals surface area contributed by atoms with Crippen molar-refractivity contribution < 1.29 is 23.1 Å². The number of benzene rings is 1. The molecule has 0 heterocycles. The fraction of sp³-hybridized carbons (Fsp3) is 0.562. The number of hydrogen-bond donors (Lipinski definition) is 3. The van der Waals surface area contributed by atoms with Crippen molar-refractivity contribution in [3.63, 3.8) is 0 Å². The van der Waals surface area contributed by atoms with Gasteiger partial charge in [-0.15, -0.1) is 0 Å². The number of nitrogens with one attached hydrogen (secondary N) is 2. The molecule has 0 unspecified atom stereocenters. The Balaban J connectivity index is 2.12. The van der Waals surface area contributed by atoms with Gasteiger partial charge in [0.15, 0.2) is 0 Å². The molecule has 0 spiro atoms. The van der Waals surface area contributed by atoms with Crippen LogP contribution in [0.4, 0.5) is 5.69 Å². The SMILES string of the molecule is CC(C)OCCCNc1ccc(C(=O)O)cc1S(=O)(=O)NC1CC1. The molecule has 0 aliphatic heterocycles. The van der Waals surface area contributed by atoms with E-state index in [0.717, 1.165) is 12.8 Å². The zero-order valence-corrected chi connectivity index (χ0v) is 14.7. The highest BCUT2D eigenvalue weighted by Gasteiger charge is 2.30. The van der Waals surface area contributed by atoms with Crippen molar-refractivity contribution in [2.24, 2.45) is 0 Å². The van der Waals surface area contributed by atoms with E-state index in [-0.39, 0.29) is 22.6 Å². The number of carboxylic acid groups (broad SMARTS) is 1. The highest BCUT2D eigenvalue weighted by atomic mass is 32.2. The van der Waals surface area contributed by atoms with Crippen molar-refractivity contribution in [3.05, 3.63) is 23.8 Å². The van der Waals surface area contributed by atoms with Crippen molar-refractivity contribution in [1.29, 1.82) is 0 Å². The maximum absolute atomic E-state index is 12.5. The Kier molecular flexibility index (Phi) is 6.20. The average molecular weight is 356 g/mol. The summed E-state index contributed by atoms with van der Waals surface area (Å²) < 4.78 is 33.0. The maximum Gasteiger partial charge on any atom is 0.335 e. The topological polar surface area (TPSA) is 105 Å². The van der Waals surface area contributed by atoms with Crippen molar-refractivity contribution in [2.75, 3.05) is 18.5 Å². The molecule has 1 saturated carbocycles. The molecule has 24 heavy (non-hydrogen) atoms. The predicted molar refractivity (Wildman–Crippen MR) is 90.9 cm³/mol. The van der Waals surface area contributed by atoms with E-state index in [1.807, 2.05) is 13.8 Å². The molecule has 2 rings (SSSR count). The zero-order valence-electron chi connectivity index (χ0n) is 13.9. The summed E-state index contributed by atoms with van der Waals surface area (Å²) in [5, 5.41) is 12.2. The molecule has 3 N–H and O–H groups in total. The van der Waals surface area contributed by atoms with E-state index in [4.69, 9.17) is 9.84 Å². The molecule has 0 aromatic heterocycles. The molecular formula is C16H24N2O5S. The Labute approximate surface area is 142 Å². The normalized spacial score (nSPS) is 14.8. The van der Waals surface area contributed by atoms with Crippen molar-refractivity contribution in [1.82, 2.24) is 4.72 Å². The largest absolute Gasteiger partial charge is 0.478 e. The first kappa shape index (κ1) is 18.7. The lowest BCUT2D eigenvalue weighted by atomic mass is 10.2. The van der Waals surface area contributed by atoms with E-state index in [9.17, 15) is 13.2 Å². The fourth-order valence-electron chi connectivity index (χ4n) is 2.12. The van der Waals surface area contributed by atoms with Crippen LogP contribution in [0.2, 0.25) is 0 Å². The van der Waals surface area contributed by atoms with Crippen LogP contribution in [-0.4, -0.2) is 44.8 Å². The smallest absolute Gasteiger partial charge is 0.335 e. The van der Waals surface area contributed by atoms with E-state index in [1.54, 1.807) is 0 Å². The van der Waals surface area contributed by atoms with E-state index in [2.05, 4.69) is 10.0 Å². The molecule has 0 bridgehead atoms. The number of carboxylic acids is 1. The van der Waals surface area contributed by atoms with Gasteiger partial charge >= 0.3 is 5.97 Å². The summed E-state index contributed by atoms with van der Waals surface area (Å²) in [7, 11) is -3.75. The Morgan fingerprint density at radius 2 is 2.08 bits per heavy atom. The van der Waals surface area contributed by atoms with Crippen molar-refractivity contribution >= 4 is 21.7 Å². The molecule has 0 radical (unpaired) electrons. The highest BCUT2D eigenvalue weighted by Crippen LogP contribution is 2.27. The quantitative estimate of drug-likeness (QED) is 0.554. The number of hydrogen-bond acceptors (Lipinski definition) is 5. The Hall–Kier alpha value is -1.64. The number of sulfonamides is 1. The van der Waals surface area contributed by atoms with Gasteiger partial charge in [-0.1, -0.05) is 0 Å². The number of aromatic carboxylic acids is 1. The van der Waals surface area contributed by atoms with Gasteiger partial charge in [0.2, 0.25) is 10.0 Å². The fourth-order valence-corrected chi connectivity index (χ4v) is 3.64. The molecule has 1 fully saturated rings. The van der Waals surface area contributed by atoms with E-state index < -0.39 is 16.0 Å². The van der Waals surface area contributed by atoms with E-state index >= 15 is 0 Å². The molecule has 1 aliphatic carbocycles. The Morgan fingerprint density at radius 1 is 1.38 bits per heavy atom. The molecule has 0 atom stereocenters. The third-order valence-electron chi connectivity index (χ3n) is 3.50. The van der Waals surface area contributed by atoms with Crippen LogP contribution in [0.1, 0.15) is 43.5 Å². The summed E-state index contributed by atoms with van der Waals surface area (Å²) in [6.45, 7) is 5.00. The minimum atomic E-state index is -3.75. The van der Waals surface area contributed by atoms with Gasteiger partial charge in [0.05, 0.1) is 17.4 Å². The molecule has 1 aromatic rings. The molecule has 8 heteroatoms. The first-order chi connectivity index (χ1) is 11.3. The summed E-state index contributed by atoms with van der Waals surface area (Å²) in [5.41, 5.74) is 0.345. The van der Waals surface area contributed by atoms with Crippen LogP contribution in [0.25, 0.3) is 0 Å². The highest BCUT2D eigenvalue weighted by molar-refractivity contribution is 7.89. The monoisotopic (exact) mass is 356 g/mol. The van der Waals surface area contributed by atoms with E-state index in [0.29, 0.717) is 25.3 Å². The summed E-state index contributed by atoms with van der Waals surface area (Å²) in [4.78, 5) is 11.1. The van der Waals surface area contributed by atoms with Gasteiger partial charge in [-0.05, 0) is 51.3 Å². The second-order valence-corrected chi connectivity index (χ2v) is 7.79. The van der Waals surface area contributed by atoms with Crippen LogP contribution >= 0.6 is 0 Å². The predicted octanol–water partition coefficient (Wildman–Crippen LogP) is 2.05.